The number of quaternary nitrogens is 1. The summed E-state index contributed by atoms with van der Waals surface area (Å²) in [7, 11) is 1.47. The van der Waals surface area contributed by atoms with Gasteiger partial charge in [-0.2, -0.15) is 0 Å². The second kappa shape index (κ2) is 31.7. The van der Waals surface area contributed by atoms with Crippen LogP contribution >= 0.6 is 7.82 Å². The smallest absolute Gasteiger partial charge is 0.462 e. The van der Waals surface area contributed by atoms with Crippen LogP contribution in [0.4, 0.5) is 0 Å². The van der Waals surface area contributed by atoms with E-state index in [9.17, 15) is 19.0 Å². The van der Waals surface area contributed by atoms with Gasteiger partial charge in [0.25, 0.3) is 0 Å². The molecule has 0 saturated carbocycles. The normalized spacial score (nSPS) is 13.9. The minimum Gasteiger partial charge on any atom is -0.462 e. The summed E-state index contributed by atoms with van der Waals surface area (Å²) in [6, 6.07) is 0. The van der Waals surface area contributed by atoms with Gasteiger partial charge >= 0.3 is 19.8 Å². The summed E-state index contributed by atoms with van der Waals surface area (Å²) in [5, 5.41) is 0. The van der Waals surface area contributed by atoms with Gasteiger partial charge in [0.15, 0.2) is 6.10 Å². The van der Waals surface area contributed by atoms with E-state index in [0.29, 0.717) is 17.4 Å². The molecule has 2 atom stereocenters. The van der Waals surface area contributed by atoms with Crippen LogP contribution in [0.2, 0.25) is 0 Å². The van der Waals surface area contributed by atoms with Crippen molar-refractivity contribution in [3.05, 3.63) is 12.2 Å². The Kier molecular flexibility index (Phi) is 30.9. The highest BCUT2D eigenvalue weighted by Crippen LogP contribution is 2.43. The molecule has 0 aliphatic heterocycles. The van der Waals surface area contributed by atoms with E-state index in [1.165, 1.54) is 89.9 Å². The molecule has 0 amide bonds. The largest absolute Gasteiger partial charge is 0.472 e. The molecule has 0 bridgehead atoms. The van der Waals surface area contributed by atoms with Gasteiger partial charge in [-0.05, 0) is 38.5 Å². The molecule has 0 fully saturated rings. The number of unbranched alkanes of at least 4 members (excludes halogenated alkanes) is 19. The molecule has 0 aromatic rings. The van der Waals surface area contributed by atoms with Gasteiger partial charge in [-0.25, -0.2) is 4.57 Å². The number of likely N-dealkylation sites (N-methyl/N-ethyl adjacent to an activating group) is 1. The maximum absolute atomic E-state index is 12.6. The van der Waals surface area contributed by atoms with Crippen molar-refractivity contribution < 1.29 is 42.1 Å². The summed E-state index contributed by atoms with van der Waals surface area (Å²) < 4.78 is 34.1. The number of hydrogen-bond acceptors (Lipinski definition) is 7. The number of rotatable bonds is 35. The molecule has 0 aromatic carbocycles. The van der Waals surface area contributed by atoms with Crippen LogP contribution < -0.4 is 0 Å². The highest BCUT2D eigenvalue weighted by Gasteiger charge is 2.27. The lowest BCUT2D eigenvalue weighted by Crippen LogP contribution is -2.37. The van der Waals surface area contributed by atoms with E-state index in [-0.39, 0.29) is 32.0 Å². The van der Waals surface area contributed by atoms with Gasteiger partial charge in [-0.3, -0.25) is 18.6 Å². The van der Waals surface area contributed by atoms with Crippen LogP contribution in [0.5, 0.6) is 0 Å². The number of carbonyl (C=O) groups excluding carboxylic acids is 2. The van der Waals surface area contributed by atoms with Crippen molar-refractivity contribution in [3.8, 4) is 0 Å². The van der Waals surface area contributed by atoms with Crippen molar-refractivity contribution >= 4 is 19.8 Å². The zero-order valence-electron chi connectivity index (χ0n) is 31.7. The zero-order valence-corrected chi connectivity index (χ0v) is 32.6. The average molecular weight is 705 g/mol. The van der Waals surface area contributed by atoms with Crippen LogP contribution in [-0.4, -0.2) is 74.9 Å². The second-order valence-corrected chi connectivity index (χ2v) is 15.8. The first-order chi connectivity index (χ1) is 23.0. The molecule has 0 spiro atoms. The van der Waals surface area contributed by atoms with E-state index < -0.39 is 26.5 Å². The van der Waals surface area contributed by atoms with E-state index in [2.05, 4.69) is 26.0 Å². The van der Waals surface area contributed by atoms with Crippen LogP contribution in [0.1, 0.15) is 168 Å². The minimum atomic E-state index is -4.36. The Morgan fingerprint density at radius 2 is 1.06 bits per heavy atom. The zero-order chi connectivity index (χ0) is 35.8. The van der Waals surface area contributed by atoms with Crippen LogP contribution in [0.3, 0.4) is 0 Å². The van der Waals surface area contributed by atoms with Crippen molar-refractivity contribution in [2.24, 2.45) is 0 Å². The predicted molar refractivity (Wildman–Crippen MR) is 197 cm³/mol. The second-order valence-electron chi connectivity index (χ2n) is 14.3. The fraction of sp³-hybridized carbons (Fsp3) is 0.895. The van der Waals surface area contributed by atoms with Crippen LogP contribution in [0, 0.1) is 0 Å². The molecule has 1 N–H and O–H groups in total. The lowest BCUT2D eigenvalue weighted by atomic mass is 10.1. The molecular weight excluding hydrogens is 629 g/mol. The fourth-order valence-corrected chi connectivity index (χ4v) is 5.93. The van der Waals surface area contributed by atoms with E-state index in [4.69, 9.17) is 18.5 Å². The Balaban J connectivity index is 4.43. The summed E-state index contributed by atoms with van der Waals surface area (Å²) in [4.78, 5) is 35.1. The molecule has 0 aromatic heterocycles. The van der Waals surface area contributed by atoms with Crippen molar-refractivity contribution in [2.45, 2.75) is 174 Å². The maximum atomic E-state index is 12.6. The summed E-state index contributed by atoms with van der Waals surface area (Å²) >= 11 is 0. The number of phosphoric acid groups is 1. The summed E-state index contributed by atoms with van der Waals surface area (Å²) in [6.07, 6.45) is 29.8. The van der Waals surface area contributed by atoms with Crippen molar-refractivity contribution in [2.75, 3.05) is 47.5 Å². The Bertz CT molecular complexity index is 845. The monoisotopic (exact) mass is 705 g/mol. The van der Waals surface area contributed by atoms with E-state index >= 15 is 0 Å². The summed E-state index contributed by atoms with van der Waals surface area (Å²) in [5.74, 6) is -0.816. The average Bonchev–Trinajstić information content (AvgIpc) is 3.02. The summed E-state index contributed by atoms with van der Waals surface area (Å²) in [5.41, 5.74) is 0. The van der Waals surface area contributed by atoms with Crippen molar-refractivity contribution in [3.63, 3.8) is 0 Å². The minimum absolute atomic E-state index is 0.0316. The number of hydrogen-bond donors (Lipinski definition) is 1. The molecule has 0 aliphatic carbocycles. The van der Waals surface area contributed by atoms with Gasteiger partial charge in [-0.15, -0.1) is 0 Å². The Morgan fingerprint density at radius 3 is 1.56 bits per heavy atom. The molecule has 1 unspecified atom stereocenters. The maximum Gasteiger partial charge on any atom is 0.472 e. The highest BCUT2D eigenvalue weighted by molar-refractivity contribution is 7.47. The van der Waals surface area contributed by atoms with E-state index in [0.717, 1.165) is 44.9 Å². The van der Waals surface area contributed by atoms with Gasteiger partial charge in [0.1, 0.15) is 19.8 Å². The Hall–Kier alpha value is -1.25. The van der Waals surface area contributed by atoms with E-state index in [1.54, 1.807) is 0 Å². The van der Waals surface area contributed by atoms with Crippen LogP contribution in [0.15, 0.2) is 12.2 Å². The van der Waals surface area contributed by atoms with Crippen LogP contribution in [0.25, 0.3) is 0 Å². The molecule has 284 valence electrons. The molecule has 0 saturated heterocycles. The van der Waals surface area contributed by atoms with Gasteiger partial charge in [-0.1, -0.05) is 129 Å². The third-order valence-electron chi connectivity index (χ3n) is 8.30. The van der Waals surface area contributed by atoms with Crippen molar-refractivity contribution in [1.29, 1.82) is 0 Å². The number of allylic oxidation sites excluding steroid dienone is 2. The quantitative estimate of drug-likeness (QED) is 0.0228. The molecule has 0 rings (SSSR count). The third kappa shape index (κ3) is 34.6. The molecule has 9 nitrogen and oxygen atoms in total. The SMILES string of the molecule is CCCCCCCCCC/C=C/CCCCCC(=O)O[C@H](COC(=O)CCCCCCCCCCC)COP(=O)(O)OCC[N+](C)(C)C. The number of carbonyl (C=O) groups is 2. The number of esters is 2. The number of nitrogens with zero attached hydrogens (tertiary/aromatic N) is 1. The number of ether oxygens (including phenoxy) is 2. The first-order valence-electron chi connectivity index (χ1n) is 19.4. The predicted octanol–water partition coefficient (Wildman–Crippen LogP) is 10.2. The fourth-order valence-electron chi connectivity index (χ4n) is 5.18. The van der Waals surface area contributed by atoms with Crippen molar-refractivity contribution in [1.82, 2.24) is 0 Å². The van der Waals surface area contributed by atoms with Gasteiger partial charge in [0.05, 0.1) is 27.7 Å². The highest BCUT2D eigenvalue weighted by atomic mass is 31.2. The molecule has 0 aliphatic rings. The lowest BCUT2D eigenvalue weighted by molar-refractivity contribution is -0.870. The Labute approximate surface area is 295 Å². The molecule has 10 heteroatoms. The molecule has 0 heterocycles. The van der Waals surface area contributed by atoms with Gasteiger partial charge < -0.3 is 18.9 Å². The number of phosphoric ester groups is 1. The van der Waals surface area contributed by atoms with Crippen LogP contribution in [-0.2, 0) is 32.7 Å². The van der Waals surface area contributed by atoms with Gasteiger partial charge in [0.2, 0.25) is 0 Å². The molecular formula is C38H75NO8P+. The standard InChI is InChI=1S/C38H74NO8P/c1-6-8-10-12-14-16-17-18-19-20-21-23-25-27-29-31-38(41)47-36(35-46-48(42,43)45-33-32-39(3,4)5)34-44-37(40)30-28-26-24-22-15-13-11-9-7-2/h20-21,36H,6-19,22-35H2,1-5H3/p+1/b21-20+/t36-/m1/s1. The molecule has 0 radical (unpaired) electrons. The van der Waals surface area contributed by atoms with Gasteiger partial charge in [0, 0.05) is 12.8 Å². The lowest BCUT2D eigenvalue weighted by Gasteiger charge is -2.24. The molecule has 48 heavy (non-hydrogen) atoms. The third-order valence-corrected chi connectivity index (χ3v) is 9.28. The first kappa shape index (κ1) is 46.8. The Morgan fingerprint density at radius 1 is 0.625 bits per heavy atom. The first-order valence-corrected chi connectivity index (χ1v) is 20.9. The summed E-state index contributed by atoms with van der Waals surface area (Å²) in [6.45, 7) is 4.37. The topological polar surface area (TPSA) is 108 Å². The van der Waals surface area contributed by atoms with E-state index in [1.807, 2.05) is 21.1 Å².